The van der Waals surface area contributed by atoms with Crippen molar-refractivity contribution in [1.29, 1.82) is 0 Å². The minimum atomic E-state index is -0.653. The molecule has 4 nitrogen and oxygen atoms in total. The summed E-state index contributed by atoms with van der Waals surface area (Å²) >= 11 is 0. The number of aliphatic hydroxyl groups is 2. The highest BCUT2D eigenvalue weighted by Gasteiger charge is 2.36. The predicted octanol–water partition coefficient (Wildman–Crippen LogP) is 0.0457. The first kappa shape index (κ1) is 10.7. The maximum atomic E-state index is 9.44. The topological polar surface area (TPSA) is 58.9 Å². The van der Waals surface area contributed by atoms with E-state index in [4.69, 9.17) is 9.47 Å². The fourth-order valence-electron chi connectivity index (χ4n) is 1.29. The Morgan fingerprint density at radius 2 is 2.46 bits per heavy atom. The van der Waals surface area contributed by atoms with Crippen molar-refractivity contribution in [3.8, 4) is 0 Å². The molecule has 0 unspecified atom stereocenters. The van der Waals surface area contributed by atoms with Crippen LogP contribution in [-0.2, 0) is 9.47 Å². The van der Waals surface area contributed by atoms with Gasteiger partial charge in [0, 0.05) is 6.42 Å². The zero-order valence-electron chi connectivity index (χ0n) is 7.72. The van der Waals surface area contributed by atoms with Crippen LogP contribution in [0.15, 0.2) is 12.7 Å². The lowest BCUT2D eigenvalue weighted by Gasteiger charge is -2.15. The Balaban J connectivity index is 2.37. The molecule has 2 N–H and O–H groups in total. The number of hydrogen-bond donors (Lipinski definition) is 2. The quantitative estimate of drug-likeness (QED) is 0.612. The Bertz CT molecular complexity index is 169. The van der Waals surface area contributed by atoms with Gasteiger partial charge in [-0.15, -0.1) is 6.58 Å². The molecule has 0 amide bonds. The summed E-state index contributed by atoms with van der Waals surface area (Å²) in [6.45, 7) is 5.46. The normalized spacial score (nSPS) is 36.1. The lowest BCUT2D eigenvalue weighted by atomic mass is 10.1. The van der Waals surface area contributed by atoms with E-state index in [-0.39, 0.29) is 6.10 Å². The van der Waals surface area contributed by atoms with Crippen molar-refractivity contribution >= 4 is 0 Å². The van der Waals surface area contributed by atoms with Gasteiger partial charge in [0.05, 0.1) is 18.8 Å². The molecule has 0 aromatic heterocycles. The molecule has 0 radical (unpaired) electrons. The number of hydrogen-bond acceptors (Lipinski definition) is 4. The van der Waals surface area contributed by atoms with Gasteiger partial charge < -0.3 is 19.7 Å². The van der Waals surface area contributed by atoms with E-state index in [9.17, 15) is 10.2 Å². The van der Waals surface area contributed by atoms with Crippen LogP contribution in [0.2, 0.25) is 0 Å². The molecule has 1 aliphatic rings. The lowest BCUT2D eigenvalue weighted by Crippen LogP contribution is -2.25. The van der Waals surface area contributed by atoms with Gasteiger partial charge >= 0.3 is 0 Å². The molecule has 1 rings (SSSR count). The fraction of sp³-hybridized carbons (Fsp3) is 0.778. The van der Waals surface area contributed by atoms with Crippen LogP contribution in [0.4, 0.5) is 0 Å². The number of ether oxygens (including phenoxy) is 2. The Morgan fingerprint density at radius 1 is 1.77 bits per heavy atom. The zero-order chi connectivity index (χ0) is 9.84. The second kappa shape index (κ2) is 4.72. The third kappa shape index (κ3) is 2.77. The second-order valence-corrected chi connectivity index (χ2v) is 3.21. The molecule has 0 saturated carbocycles. The highest BCUT2D eigenvalue weighted by atomic mass is 16.7. The average Bonchev–Trinajstić information content (AvgIpc) is 2.44. The van der Waals surface area contributed by atoms with Gasteiger partial charge in [-0.3, -0.25) is 0 Å². The van der Waals surface area contributed by atoms with E-state index in [1.54, 1.807) is 13.0 Å². The second-order valence-electron chi connectivity index (χ2n) is 3.21. The van der Waals surface area contributed by atoms with Crippen molar-refractivity contribution in [2.24, 2.45) is 0 Å². The van der Waals surface area contributed by atoms with Crippen LogP contribution < -0.4 is 0 Å². The van der Waals surface area contributed by atoms with Gasteiger partial charge in [0.1, 0.15) is 6.10 Å². The Hall–Kier alpha value is -0.420. The van der Waals surface area contributed by atoms with E-state index < -0.39 is 18.5 Å². The van der Waals surface area contributed by atoms with Crippen LogP contribution in [0.5, 0.6) is 0 Å². The molecule has 76 valence electrons. The van der Waals surface area contributed by atoms with E-state index in [0.717, 1.165) is 0 Å². The summed E-state index contributed by atoms with van der Waals surface area (Å²) < 4.78 is 10.4. The SMILES string of the molecule is C=CCO[C@@H]1O[C@H]([C@@H](C)O)C[C@H]1O. The summed E-state index contributed by atoms with van der Waals surface area (Å²) in [5, 5.41) is 18.6. The Morgan fingerprint density at radius 3 is 2.92 bits per heavy atom. The first-order valence-corrected chi connectivity index (χ1v) is 4.39. The molecule has 0 spiro atoms. The third-order valence-corrected chi connectivity index (χ3v) is 2.01. The first-order valence-electron chi connectivity index (χ1n) is 4.39. The van der Waals surface area contributed by atoms with Crippen LogP contribution in [0, 0.1) is 0 Å². The Labute approximate surface area is 77.8 Å². The number of rotatable bonds is 4. The summed E-state index contributed by atoms with van der Waals surface area (Å²) in [5.74, 6) is 0. The van der Waals surface area contributed by atoms with Gasteiger partial charge in [0.25, 0.3) is 0 Å². The molecular weight excluding hydrogens is 172 g/mol. The molecule has 1 fully saturated rings. The van der Waals surface area contributed by atoms with Gasteiger partial charge in [-0.05, 0) is 6.92 Å². The smallest absolute Gasteiger partial charge is 0.184 e. The van der Waals surface area contributed by atoms with Crippen LogP contribution in [-0.4, -0.2) is 41.4 Å². The fourth-order valence-corrected chi connectivity index (χ4v) is 1.29. The van der Waals surface area contributed by atoms with E-state index in [2.05, 4.69) is 6.58 Å². The van der Waals surface area contributed by atoms with E-state index in [1.807, 2.05) is 0 Å². The monoisotopic (exact) mass is 188 g/mol. The van der Waals surface area contributed by atoms with Crippen LogP contribution >= 0.6 is 0 Å². The van der Waals surface area contributed by atoms with Crippen LogP contribution in [0.1, 0.15) is 13.3 Å². The minimum absolute atomic E-state index is 0.329. The molecule has 13 heavy (non-hydrogen) atoms. The summed E-state index contributed by atoms with van der Waals surface area (Å²) in [6.07, 6.45) is -0.181. The minimum Gasteiger partial charge on any atom is -0.391 e. The van der Waals surface area contributed by atoms with Crippen molar-refractivity contribution in [3.63, 3.8) is 0 Å². The molecule has 0 aromatic rings. The van der Waals surface area contributed by atoms with Crippen molar-refractivity contribution in [1.82, 2.24) is 0 Å². The highest BCUT2D eigenvalue weighted by Crippen LogP contribution is 2.23. The standard InChI is InChI=1S/C9H16O4/c1-3-4-12-9-7(11)5-8(13-9)6(2)10/h3,6-11H,1,4-5H2,2H3/t6-,7-,8+,9-/m1/s1. The molecule has 0 bridgehead atoms. The van der Waals surface area contributed by atoms with E-state index >= 15 is 0 Å². The summed E-state index contributed by atoms with van der Waals surface area (Å²) in [4.78, 5) is 0. The predicted molar refractivity (Wildman–Crippen MR) is 47.1 cm³/mol. The molecular formula is C9H16O4. The maximum Gasteiger partial charge on any atom is 0.184 e. The van der Waals surface area contributed by atoms with Crippen molar-refractivity contribution in [2.75, 3.05) is 6.61 Å². The molecule has 0 aliphatic carbocycles. The van der Waals surface area contributed by atoms with Crippen LogP contribution in [0.25, 0.3) is 0 Å². The van der Waals surface area contributed by atoms with Gasteiger partial charge in [-0.25, -0.2) is 0 Å². The van der Waals surface area contributed by atoms with E-state index in [1.165, 1.54) is 0 Å². The summed E-state index contributed by atoms with van der Waals surface area (Å²) in [5.41, 5.74) is 0. The van der Waals surface area contributed by atoms with Crippen molar-refractivity contribution in [3.05, 3.63) is 12.7 Å². The third-order valence-electron chi connectivity index (χ3n) is 2.01. The Kier molecular flexibility index (Phi) is 3.87. The van der Waals surface area contributed by atoms with Crippen molar-refractivity contribution in [2.45, 2.75) is 37.9 Å². The average molecular weight is 188 g/mol. The molecule has 1 aliphatic heterocycles. The lowest BCUT2D eigenvalue weighted by molar-refractivity contribution is -0.170. The molecule has 0 aromatic carbocycles. The largest absolute Gasteiger partial charge is 0.391 e. The number of aliphatic hydroxyl groups excluding tert-OH is 2. The van der Waals surface area contributed by atoms with Gasteiger partial charge in [-0.1, -0.05) is 6.08 Å². The highest BCUT2D eigenvalue weighted by molar-refractivity contribution is 4.80. The van der Waals surface area contributed by atoms with Gasteiger partial charge in [0.2, 0.25) is 0 Å². The van der Waals surface area contributed by atoms with Crippen LogP contribution in [0.3, 0.4) is 0 Å². The molecule has 1 heterocycles. The molecule has 1 saturated heterocycles. The molecule has 4 atom stereocenters. The van der Waals surface area contributed by atoms with Crippen molar-refractivity contribution < 1.29 is 19.7 Å². The van der Waals surface area contributed by atoms with Gasteiger partial charge in [0.15, 0.2) is 6.29 Å². The zero-order valence-corrected chi connectivity index (χ0v) is 7.72. The molecule has 4 heteroatoms. The first-order chi connectivity index (χ1) is 6.15. The van der Waals surface area contributed by atoms with Gasteiger partial charge in [-0.2, -0.15) is 0 Å². The van der Waals surface area contributed by atoms with E-state index in [0.29, 0.717) is 13.0 Å². The summed E-state index contributed by atoms with van der Waals surface area (Å²) in [6, 6.07) is 0. The maximum absolute atomic E-state index is 9.44. The summed E-state index contributed by atoms with van der Waals surface area (Å²) in [7, 11) is 0.